The lowest BCUT2D eigenvalue weighted by Gasteiger charge is -2.11. The number of sulfone groups is 1. The largest absolute Gasteiger partial charge is 0.452 e. The summed E-state index contributed by atoms with van der Waals surface area (Å²) in [6, 6.07) is 9.72. The SMILES string of the molecule is Cc1cccc(NC(=O)NC(=O)COC(=O)c2ccc(S(C)(=O)=O)cc2)c1C. The summed E-state index contributed by atoms with van der Waals surface area (Å²) < 4.78 is 27.6. The average molecular weight is 404 g/mol. The quantitative estimate of drug-likeness (QED) is 0.738. The highest BCUT2D eigenvalue weighted by atomic mass is 32.2. The smallest absolute Gasteiger partial charge is 0.338 e. The molecule has 0 aliphatic rings. The van der Waals surface area contributed by atoms with Gasteiger partial charge in [0.25, 0.3) is 5.91 Å². The van der Waals surface area contributed by atoms with Crippen molar-refractivity contribution in [1.29, 1.82) is 0 Å². The fourth-order valence-corrected chi connectivity index (χ4v) is 2.89. The number of hydrogen-bond acceptors (Lipinski definition) is 6. The average Bonchev–Trinajstić information content (AvgIpc) is 2.63. The lowest BCUT2D eigenvalue weighted by Crippen LogP contribution is -2.37. The zero-order valence-corrected chi connectivity index (χ0v) is 16.4. The molecule has 3 amide bonds. The summed E-state index contributed by atoms with van der Waals surface area (Å²) in [4.78, 5) is 35.7. The highest BCUT2D eigenvalue weighted by Gasteiger charge is 2.14. The molecule has 0 fully saturated rings. The van der Waals surface area contributed by atoms with Gasteiger partial charge in [0.2, 0.25) is 0 Å². The van der Waals surface area contributed by atoms with Crippen LogP contribution in [0.2, 0.25) is 0 Å². The van der Waals surface area contributed by atoms with Gasteiger partial charge in [0.05, 0.1) is 10.5 Å². The molecule has 0 aliphatic carbocycles. The normalized spacial score (nSPS) is 10.8. The minimum absolute atomic E-state index is 0.0601. The Morgan fingerprint density at radius 2 is 1.64 bits per heavy atom. The van der Waals surface area contributed by atoms with Gasteiger partial charge in [-0.1, -0.05) is 12.1 Å². The number of anilines is 1. The van der Waals surface area contributed by atoms with Crippen molar-refractivity contribution in [2.24, 2.45) is 0 Å². The van der Waals surface area contributed by atoms with Crippen LogP contribution in [0.1, 0.15) is 21.5 Å². The molecule has 0 spiro atoms. The van der Waals surface area contributed by atoms with Crippen molar-refractivity contribution < 1.29 is 27.5 Å². The Bertz CT molecular complexity index is 1010. The number of carbonyl (C=O) groups is 3. The molecule has 2 N–H and O–H groups in total. The van der Waals surface area contributed by atoms with Crippen LogP contribution in [-0.2, 0) is 19.4 Å². The number of amides is 3. The Hall–Kier alpha value is -3.20. The van der Waals surface area contributed by atoms with Gasteiger partial charge in [-0.3, -0.25) is 10.1 Å². The third-order valence-electron chi connectivity index (χ3n) is 3.96. The van der Waals surface area contributed by atoms with Crippen LogP contribution in [0.4, 0.5) is 10.5 Å². The van der Waals surface area contributed by atoms with Gasteiger partial charge in [0, 0.05) is 11.9 Å². The lowest BCUT2D eigenvalue weighted by atomic mass is 10.1. The Morgan fingerprint density at radius 3 is 2.25 bits per heavy atom. The van der Waals surface area contributed by atoms with Gasteiger partial charge < -0.3 is 10.1 Å². The molecule has 0 heterocycles. The van der Waals surface area contributed by atoms with E-state index in [1.165, 1.54) is 24.3 Å². The minimum Gasteiger partial charge on any atom is -0.452 e. The number of esters is 1. The van der Waals surface area contributed by atoms with Crippen LogP contribution in [0.15, 0.2) is 47.4 Å². The van der Waals surface area contributed by atoms with E-state index in [2.05, 4.69) is 10.6 Å². The highest BCUT2D eigenvalue weighted by Crippen LogP contribution is 2.17. The van der Waals surface area contributed by atoms with Crippen LogP contribution in [0.3, 0.4) is 0 Å². The summed E-state index contributed by atoms with van der Waals surface area (Å²) >= 11 is 0. The molecule has 0 aromatic heterocycles. The first-order valence-corrected chi connectivity index (χ1v) is 10.1. The number of urea groups is 1. The van der Waals surface area contributed by atoms with Gasteiger partial charge in [0.1, 0.15) is 0 Å². The second-order valence-electron chi connectivity index (χ2n) is 6.12. The monoisotopic (exact) mass is 404 g/mol. The zero-order valence-electron chi connectivity index (χ0n) is 15.6. The van der Waals surface area contributed by atoms with Crippen LogP contribution in [0.5, 0.6) is 0 Å². The number of carbonyl (C=O) groups excluding carboxylic acids is 3. The third kappa shape index (κ3) is 5.65. The Morgan fingerprint density at radius 1 is 1.00 bits per heavy atom. The predicted octanol–water partition coefficient (Wildman–Crippen LogP) is 2.21. The Kier molecular flexibility index (Phi) is 6.53. The standard InChI is InChI=1S/C19H20N2O6S/c1-12-5-4-6-16(13(12)2)20-19(24)21-17(22)11-27-18(23)14-7-9-15(10-8-14)28(3,25)26/h4-10H,11H2,1-3H3,(H2,20,21,22,24). The molecule has 2 aromatic rings. The van der Waals surface area contributed by atoms with Gasteiger partial charge in [-0.15, -0.1) is 0 Å². The molecule has 28 heavy (non-hydrogen) atoms. The fourth-order valence-electron chi connectivity index (χ4n) is 2.26. The highest BCUT2D eigenvalue weighted by molar-refractivity contribution is 7.90. The number of imide groups is 1. The molecule has 0 saturated carbocycles. The van der Waals surface area contributed by atoms with Gasteiger partial charge in [-0.2, -0.15) is 0 Å². The van der Waals surface area contributed by atoms with Gasteiger partial charge >= 0.3 is 12.0 Å². The van der Waals surface area contributed by atoms with E-state index in [-0.39, 0.29) is 10.5 Å². The molecule has 148 valence electrons. The summed E-state index contributed by atoms with van der Waals surface area (Å²) in [7, 11) is -3.38. The number of aryl methyl sites for hydroxylation is 1. The summed E-state index contributed by atoms with van der Waals surface area (Å²) in [5.74, 6) is -1.62. The molecule has 0 radical (unpaired) electrons. The predicted molar refractivity (Wildman–Crippen MR) is 103 cm³/mol. The second-order valence-corrected chi connectivity index (χ2v) is 8.14. The van der Waals surface area contributed by atoms with E-state index in [9.17, 15) is 22.8 Å². The van der Waals surface area contributed by atoms with Crippen molar-refractivity contribution in [2.45, 2.75) is 18.7 Å². The van der Waals surface area contributed by atoms with Crippen LogP contribution >= 0.6 is 0 Å². The maximum atomic E-state index is 11.9. The van der Waals surface area contributed by atoms with E-state index in [1.54, 1.807) is 12.1 Å². The zero-order chi connectivity index (χ0) is 20.9. The Labute approximate surface area is 162 Å². The number of hydrogen-bond donors (Lipinski definition) is 2. The number of rotatable bonds is 5. The molecule has 0 bridgehead atoms. The first kappa shape index (κ1) is 21.1. The van der Waals surface area contributed by atoms with Gasteiger partial charge in [-0.25, -0.2) is 18.0 Å². The molecule has 8 nitrogen and oxygen atoms in total. The molecule has 9 heteroatoms. The first-order chi connectivity index (χ1) is 13.1. The fraction of sp³-hybridized carbons (Fsp3) is 0.211. The van der Waals surface area contributed by atoms with Crippen molar-refractivity contribution in [3.05, 3.63) is 59.2 Å². The van der Waals surface area contributed by atoms with E-state index in [0.29, 0.717) is 5.69 Å². The van der Waals surface area contributed by atoms with E-state index in [0.717, 1.165) is 17.4 Å². The molecule has 0 aliphatic heterocycles. The van der Waals surface area contributed by atoms with E-state index in [4.69, 9.17) is 4.74 Å². The summed E-state index contributed by atoms with van der Waals surface area (Å²) in [6.07, 6.45) is 1.05. The van der Waals surface area contributed by atoms with Crippen LogP contribution in [0.25, 0.3) is 0 Å². The van der Waals surface area contributed by atoms with E-state index < -0.39 is 34.4 Å². The molecular formula is C19H20N2O6S. The second kappa shape index (κ2) is 8.66. The van der Waals surface area contributed by atoms with Gasteiger partial charge in [0.15, 0.2) is 16.4 Å². The van der Waals surface area contributed by atoms with Crippen molar-refractivity contribution >= 4 is 33.4 Å². The van der Waals surface area contributed by atoms with Crippen molar-refractivity contribution in [1.82, 2.24) is 5.32 Å². The minimum atomic E-state index is -3.38. The molecule has 0 saturated heterocycles. The topological polar surface area (TPSA) is 119 Å². The number of nitrogens with one attached hydrogen (secondary N) is 2. The van der Waals surface area contributed by atoms with Crippen LogP contribution in [-0.4, -0.2) is 39.2 Å². The molecule has 0 unspecified atom stereocenters. The molecule has 2 rings (SSSR count). The lowest BCUT2D eigenvalue weighted by molar-refractivity contribution is -0.123. The Balaban J connectivity index is 1.87. The number of ether oxygens (including phenoxy) is 1. The van der Waals surface area contributed by atoms with Crippen molar-refractivity contribution in [2.75, 3.05) is 18.2 Å². The van der Waals surface area contributed by atoms with Crippen molar-refractivity contribution in [3.63, 3.8) is 0 Å². The molecular weight excluding hydrogens is 384 g/mol. The van der Waals surface area contributed by atoms with Crippen molar-refractivity contribution in [3.8, 4) is 0 Å². The molecule has 2 aromatic carbocycles. The summed E-state index contributed by atoms with van der Waals surface area (Å²) in [5, 5.41) is 4.62. The molecule has 0 atom stereocenters. The summed E-state index contributed by atoms with van der Waals surface area (Å²) in [5.41, 5.74) is 2.50. The van der Waals surface area contributed by atoms with E-state index in [1.807, 2.05) is 19.9 Å². The third-order valence-corrected chi connectivity index (χ3v) is 5.09. The van der Waals surface area contributed by atoms with Crippen LogP contribution in [0, 0.1) is 13.8 Å². The van der Waals surface area contributed by atoms with Crippen LogP contribution < -0.4 is 10.6 Å². The maximum absolute atomic E-state index is 11.9. The van der Waals surface area contributed by atoms with E-state index >= 15 is 0 Å². The summed E-state index contributed by atoms with van der Waals surface area (Å²) in [6.45, 7) is 3.07. The number of benzene rings is 2. The maximum Gasteiger partial charge on any atom is 0.338 e. The van der Waals surface area contributed by atoms with Gasteiger partial charge in [-0.05, 0) is 55.3 Å². The first-order valence-electron chi connectivity index (χ1n) is 8.22.